The minimum absolute atomic E-state index is 0.242. The van der Waals surface area contributed by atoms with Crippen LogP contribution in [0.1, 0.15) is 27.7 Å². The zero-order chi connectivity index (χ0) is 11.7. The van der Waals surface area contributed by atoms with Crippen LogP contribution in [0.3, 0.4) is 0 Å². The van der Waals surface area contributed by atoms with Gasteiger partial charge in [0.25, 0.3) is 0 Å². The second-order valence-electron chi connectivity index (χ2n) is 3.09. The molecule has 2 heteroatoms. The van der Waals surface area contributed by atoms with Crippen molar-refractivity contribution in [2.75, 3.05) is 0 Å². The maximum Gasteiger partial charge on any atom is 0.0811 e. The van der Waals surface area contributed by atoms with Gasteiger partial charge in [-0.05, 0) is 27.7 Å². The highest BCUT2D eigenvalue weighted by atomic mass is 16.6. The van der Waals surface area contributed by atoms with Gasteiger partial charge in [-0.15, -0.1) is 26.3 Å². The highest BCUT2D eigenvalue weighted by Crippen LogP contribution is 2.18. The van der Waals surface area contributed by atoms with Crippen molar-refractivity contribution in [2.45, 2.75) is 52.1 Å². The van der Waals surface area contributed by atoms with Crippen LogP contribution in [-0.2, 0) is 9.47 Å². The number of hydrogen-bond acceptors (Lipinski definition) is 2. The molecule has 4 atom stereocenters. The summed E-state index contributed by atoms with van der Waals surface area (Å²) in [6, 6.07) is 0. The molecule has 1 aliphatic heterocycles. The Bertz CT molecular complexity index is 108. The molecule has 1 aliphatic rings. The Morgan fingerprint density at radius 1 is 0.571 bits per heavy atom. The van der Waals surface area contributed by atoms with E-state index in [9.17, 15) is 0 Å². The lowest BCUT2D eigenvalue weighted by Crippen LogP contribution is -2.44. The molecule has 1 fully saturated rings. The van der Waals surface area contributed by atoms with Gasteiger partial charge in [0.05, 0.1) is 24.4 Å². The molecule has 1 rings (SSSR count). The molecule has 0 bridgehead atoms. The van der Waals surface area contributed by atoms with Crippen LogP contribution in [0.25, 0.3) is 0 Å². The topological polar surface area (TPSA) is 18.5 Å². The minimum atomic E-state index is 0.242. The summed E-state index contributed by atoms with van der Waals surface area (Å²) in [5.41, 5.74) is 0. The lowest BCUT2D eigenvalue weighted by Gasteiger charge is -2.36. The van der Waals surface area contributed by atoms with E-state index < -0.39 is 0 Å². The first-order chi connectivity index (χ1) is 6.61. The van der Waals surface area contributed by atoms with Crippen LogP contribution in [0.4, 0.5) is 0 Å². The summed E-state index contributed by atoms with van der Waals surface area (Å²) >= 11 is 0. The molecule has 84 valence electrons. The molecule has 1 saturated heterocycles. The second kappa shape index (κ2) is 8.97. The van der Waals surface area contributed by atoms with E-state index in [4.69, 9.17) is 9.47 Å². The zero-order valence-corrected chi connectivity index (χ0v) is 9.95. The lowest BCUT2D eigenvalue weighted by atomic mass is 10.1. The lowest BCUT2D eigenvalue weighted by molar-refractivity contribution is -0.197. The zero-order valence-electron chi connectivity index (χ0n) is 9.95. The van der Waals surface area contributed by atoms with Gasteiger partial charge in [-0.2, -0.15) is 0 Å². The summed E-state index contributed by atoms with van der Waals surface area (Å²) in [4.78, 5) is 0. The van der Waals surface area contributed by atoms with Crippen molar-refractivity contribution in [3.8, 4) is 0 Å². The van der Waals surface area contributed by atoms with Crippen molar-refractivity contribution < 1.29 is 9.47 Å². The van der Waals surface area contributed by atoms with Gasteiger partial charge < -0.3 is 9.47 Å². The first kappa shape index (κ1) is 15.9. The third kappa shape index (κ3) is 5.20. The molecular weight excluding hydrogens is 176 g/mol. The van der Waals surface area contributed by atoms with Crippen molar-refractivity contribution in [3.05, 3.63) is 26.3 Å². The van der Waals surface area contributed by atoms with Gasteiger partial charge in [0.2, 0.25) is 0 Å². The molecule has 2 nitrogen and oxygen atoms in total. The van der Waals surface area contributed by atoms with Crippen LogP contribution in [0, 0.1) is 0 Å². The Morgan fingerprint density at radius 3 is 0.857 bits per heavy atom. The van der Waals surface area contributed by atoms with E-state index >= 15 is 0 Å². The van der Waals surface area contributed by atoms with E-state index in [0.717, 1.165) is 0 Å². The molecule has 0 radical (unpaired) electrons. The van der Waals surface area contributed by atoms with E-state index in [1.807, 2.05) is 27.7 Å². The third-order valence-electron chi connectivity index (χ3n) is 2.18. The average Bonchev–Trinajstić information content (AvgIpc) is 2.21. The summed E-state index contributed by atoms with van der Waals surface area (Å²) in [7, 11) is 0. The second-order valence-corrected chi connectivity index (χ2v) is 3.09. The summed E-state index contributed by atoms with van der Waals surface area (Å²) in [5.74, 6) is 0. The Morgan fingerprint density at radius 2 is 0.714 bits per heavy atom. The maximum absolute atomic E-state index is 5.59. The standard InChI is InChI=1S/C8H16O2.2C2H4/c1-5-6(2)10-8(4)7(3)9-5;2*1-2/h5-8H,1-4H3;2*1-2H2. The summed E-state index contributed by atoms with van der Waals surface area (Å²) in [5, 5.41) is 0. The van der Waals surface area contributed by atoms with Gasteiger partial charge in [-0.1, -0.05) is 0 Å². The van der Waals surface area contributed by atoms with Gasteiger partial charge >= 0.3 is 0 Å². The van der Waals surface area contributed by atoms with Crippen molar-refractivity contribution in [3.63, 3.8) is 0 Å². The van der Waals surface area contributed by atoms with Crippen LogP contribution in [0.5, 0.6) is 0 Å². The molecule has 0 aromatic heterocycles. The largest absolute Gasteiger partial charge is 0.370 e. The number of ether oxygens (including phenoxy) is 2. The molecule has 0 aliphatic carbocycles. The molecule has 4 unspecified atom stereocenters. The van der Waals surface area contributed by atoms with Crippen LogP contribution in [0.2, 0.25) is 0 Å². The first-order valence-corrected chi connectivity index (χ1v) is 4.92. The quantitative estimate of drug-likeness (QED) is 0.559. The Labute approximate surface area is 88.6 Å². The predicted octanol–water partition coefficient (Wildman–Crippen LogP) is 3.19. The van der Waals surface area contributed by atoms with Gasteiger partial charge in [-0.3, -0.25) is 0 Å². The number of hydrogen-bond donors (Lipinski definition) is 0. The Kier molecular flexibility index (Phi) is 10.2. The van der Waals surface area contributed by atoms with Crippen LogP contribution in [-0.4, -0.2) is 24.4 Å². The van der Waals surface area contributed by atoms with Gasteiger partial charge in [0, 0.05) is 0 Å². The fraction of sp³-hybridized carbons (Fsp3) is 0.667. The molecule has 0 aromatic rings. The molecule has 0 aromatic carbocycles. The molecule has 1 heterocycles. The van der Waals surface area contributed by atoms with E-state index in [1.54, 1.807) is 0 Å². The molecule has 14 heavy (non-hydrogen) atoms. The van der Waals surface area contributed by atoms with E-state index in [0.29, 0.717) is 0 Å². The van der Waals surface area contributed by atoms with E-state index in [1.165, 1.54) is 0 Å². The van der Waals surface area contributed by atoms with Crippen LogP contribution < -0.4 is 0 Å². The molecular formula is C12H24O2. The van der Waals surface area contributed by atoms with Crippen LogP contribution in [0.15, 0.2) is 26.3 Å². The molecule has 0 saturated carbocycles. The van der Waals surface area contributed by atoms with Crippen molar-refractivity contribution in [2.24, 2.45) is 0 Å². The SMILES string of the molecule is C=C.C=C.CC1OC(C)C(C)OC1C. The molecule has 0 spiro atoms. The highest BCUT2D eigenvalue weighted by Gasteiger charge is 2.28. The third-order valence-corrected chi connectivity index (χ3v) is 2.18. The van der Waals surface area contributed by atoms with Gasteiger partial charge in [-0.25, -0.2) is 0 Å². The summed E-state index contributed by atoms with van der Waals surface area (Å²) in [6.45, 7) is 20.2. The fourth-order valence-corrected chi connectivity index (χ4v) is 1.12. The highest BCUT2D eigenvalue weighted by molar-refractivity contribution is 4.73. The Balaban J connectivity index is 0. The van der Waals surface area contributed by atoms with Gasteiger partial charge in [0.15, 0.2) is 0 Å². The normalized spacial score (nSPS) is 35.7. The van der Waals surface area contributed by atoms with E-state index in [2.05, 4.69) is 26.3 Å². The summed E-state index contributed by atoms with van der Waals surface area (Å²) in [6.07, 6.45) is 0.967. The maximum atomic E-state index is 5.59. The van der Waals surface area contributed by atoms with Gasteiger partial charge in [0.1, 0.15) is 0 Å². The van der Waals surface area contributed by atoms with Crippen molar-refractivity contribution in [1.29, 1.82) is 0 Å². The first-order valence-electron chi connectivity index (χ1n) is 4.92. The molecule has 0 N–H and O–H groups in total. The Hall–Kier alpha value is -0.600. The van der Waals surface area contributed by atoms with Crippen LogP contribution >= 0.6 is 0 Å². The fourth-order valence-electron chi connectivity index (χ4n) is 1.12. The minimum Gasteiger partial charge on any atom is -0.370 e. The number of rotatable bonds is 0. The predicted molar refractivity (Wildman–Crippen MR) is 62.5 cm³/mol. The summed E-state index contributed by atoms with van der Waals surface area (Å²) < 4.78 is 11.2. The average molecular weight is 200 g/mol. The van der Waals surface area contributed by atoms with E-state index in [-0.39, 0.29) is 24.4 Å². The molecule has 0 amide bonds. The van der Waals surface area contributed by atoms with Crippen molar-refractivity contribution in [1.82, 2.24) is 0 Å². The van der Waals surface area contributed by atoms with Crippen molar-refractivity contribution >= 4 is 0 Å². The smallest absolute Gasteiger partial charge is 0.0811 e. The monoisotopic (exact) mass is 200 g/mol.